The maximum atomic E-state index is 9.06. The van der Waals surface area contributed by atoms with E-state index in [0.717, 1.165) is 10.2 Å². The highest BCUT2D eigenvalue weighted by atomic mass is 79.9. The molecule has 1 atom stereocenters. The molecule has 0 heterocycles. The van der Waals surface area contributed by atoms with Crippen LogP contribution >= 0.6 is 27.5 Å². The fourth-order valence-electron chi connectivity index (χ4n) is 0.898. The summed E-state index contributed by atoms with van der Waals surface area (Å²) in [5, 5.41) is 12.8. The molecule has 0 aliphatic carbocycles. The predicted octanol–water partition coefficient (Wildman–Crippen LogP) is 2.90. The Morgan fingerprint density at radius 2 is 2.31 bits per heavy atom. The van der Waals surface area contributed by atoms with Gasteiger partial charge in [0.2, 0.25) is 0 Å². The van der Waals surface area contributed by atoms with Gasteiger partial charge in [0, 0.05) is 6.54 Å². The van der Waals surface area contributed by atoms with Crippen molar-refractivity contribution in [2.24, 2.45) is 0 Å². The van der Waals surface area contributed by atoms with Crippen molar-refractivity contribution in [3.05, 3.63) is 27.7 Å². The highest BCUT2D eigenvalue weighted by Crippen LogP contribution is 2.29. The zero-order valence-electron chi connectivity index (χ0n) is 7.22. The minimum atomic E-state index is -0.370. The van der Waals surface area contributed by atoms with Crippen LogP contribution < -0.4 is 5.32 Å². The normalized spacial score (nSPS) is 12.6. The van der Waals surface area contributed by atoms with Gasteiger partial charge in [-0.1, -0.05) is 17.7 Å². The molecule has 13 heavy (non-hydrogen) atoms. The number of aliphatic hydroxyl groups excluding tert-OH is 1. The van der Waals surface area contributed by atoms with Crippen molar-refractivity contribution in [2.45, 2.75) is 13.0 Å². The minimum absolute atomic E-state index is 0.370. The molecule has 0 amide bonds. The zero-order valence-corrected chi connectivity index (χ0v) is 9.56. The van der Waals surface area contributed by atoms with Gasteiger partial charge < -0.3 is 10.4 Å². The number of anilines is 1. The summed E-state index contributed by atoms with van der Waals surface area (Å²) in [4.78, 5) is 0. The first kappa shape index (κ1) is 10.8. The topological polar surface area (TPSA) is 32.3 Å². The second kappa shape index (κ2) is 4.84. The quantitative estimate of drug-likeness (QED) is 0.880. The minimum Gasteiger partial charge on any atom is -0.392 e. The van der Waals surface area contributed by atoms with E-state index in [0.29, 0.717) is 11.6 Å². The van der Waals surface area contributed by atoms with Gasteiger partial charge in [-0.2, -0.15) is 0 Å². The van der Waals surface area contributed by atoms with Crippen molar-refractivity contribution < 1.29 is 5.11 Å². The Bertz CT molecular complexity index is 291. The van der Waals surface area contributed by atoms with Gasteiger partial charge in [-0.3, -0.25) is 0 Å². The summed E-state index contributed by atoms with van der Waals surface area (Å²) < 4.78 is 0.831. The third-order valence-electron chi connectivity index (χ3n) is 1.54. The van der Waals surface area contributed by atoms with Crippen LogP contribution in [0.1, 0.15) is 6.92 Å². The Morgan fingerprint density at radius 1 is 1.62 bits per heavy atom. The van der Waals surface area contributed by atoms with Crippen molar-refractivity contribution in [3.63, 3.8) is 0 Å². The van der Waals surface area contributed by atoms with Gasteiger partial charge in [-0.05, 0) is 35.0 Å². The number of halogens is 2. The molecule has 0 fully saturated rings. The summed E-state index contributed by atoms with van der Waals surface area (Å²) in [5.41, 5.74) is 0.897. The number of benzene rings is 1. The van der Waals surface area contributed by atoms with Gasteiger partial charge in [0.05, 0.1) is 21.3 Å². The Morgan fingerprint density at radius 3 is 2.92 bits per heavy atom. The third-order valence-corrected chi connectivity index (χ3v) is 2.94. The van der Waals surface area contributed by atoms with Crippen molar-refractivity contribution in [3.8, 4) is 0 Å². The molecule has 1 aromatic rings. The second-order valence-corrected chi connectivity index (χ2v) is 4.03. The predicted molar refractivity (Wildman–Crippen MR) is 59.3 cm³/mol. The summed E-state index contributed by atoms with van der Waals surface area (Å²) in [5.74, 6) is 0. The number of hydrogen-bond donors (Lipinski definition) is 2. The summed E-state index contributed by atoms with van der Waals surface area (Å²) in [6.07, 6.45) is -0.370. The number of aliphatic hydroxyl groups is 1. The fraction of sp³-hybridized carbons (Fsp3) is 0.333. The molecule has 1 rings (SSSR count). The van der Waals surface area contributed by atoms with Gasteiger partial charge in [-0.15, -0.1) is 0 Å². The van der Waals surface area contributed by atoms with E-state index in [-0.39, 0.29) is 6.10 Å². The molecule has 0 saturated heterocycles. The molecule has 0 spiro atoms. The van der Waals surface area contributed by atoms with E-state index in [1.54, 1.807) is 13.0 Å². The lowest BCUT2D eigenvalue weighted by atomic mass is 10.3. The molecule has 0 radical (unpaired) electrons. The number of nitrogens with one attached hydrogen (secondary N) is 1. The van der Waals surface area contributed by atoms with Crippen LogP contribution in [0.3, 0.4) is 0 Å². The molecule has 0 bridgehead atoms. The van der Waals surface area contributed by atoms with Crippen molar-refractivity contribution in [1.82, 2.24) is 0 Å². The lowest BCUT2D eigenvalue weighted by molar-refractivity contribution is 0.208. The van der Waals surface area contributed by atoms with Crippen LogP contribution in [-0.2, 0) is 0 Å². The standard InChI is InChI=1S/C9H11BrClNO/c1-6(13)5-12-8-4-2-3-7(11)9(8)10/h2-4,6,12-13H,5H2,1H3/t6-/m0/s1. The van der Waals surface area contributed by atoms with E-state index in [1.807, 2.05) is 12.1 Å². The van der Waals surface area contributed by atoms with Crippen LogP contribution in [-0.4, -0.2) is 17.8 Å². The van der Waals surface area contributed by atoms with Crippen LogP contribution in [0.25, 0.3) is 0 Å². The Labute approximate surface area is 91.0 Å². The molecule has 2 N–H and O–H groups in total. The molecule has 1 aromatic carbocycles. The number of rotatable bonds is 3. The molecule has 0 aromatic heterocycles. The van der Waals surface area contributed by atoms with Crippen molar-refractivity contribution >= 4 is 33.2 Å². The van der Waals surface area contributed by atoms with E-state index in [9.17, 15) is 0 Å². The molecule has 2 nitrogen and oxygen atoms in total. The molecule has 0 unspecified atom stereocenters. The molecule has 4 heteroatoms. The van der Waals surface area contributed by atoms with Gasteiger partial charge in [0.1, 0.15) is 0 Å². The maximum absolute atomic E-state index is 9.06. The Kier molecular flexibility index (Phi) is 4.03. The van der Waals surface area contributed by atoms with Gasteiger partial charge in [0.15, 0.2) is 0 Å². The Hall–Kier alpha value is -0.250. The van der Waals surface area contributed by atoms with Gasteiger partial charge in [0.25, 0.3) is 0 Å². The average Bonchev–Trinajstić information content (AvgIpc) is 2.07. The van der Waals surface area contributed by atoms with Crippen LogP contribution in [0.15, 0.2) is 22.7 Å². The largest absolute Gasteiger partial charge is 0.392 e. The first-order valence-corrected chi connectivity index (χ1v) is 5.14. The van der Waals surface area contributed by atoms with Crippen LogP contribution in [0, 0.1) is 0 Å². The smallest absolute Gasteiger partial charge is 0.0684 e. The molecular formula is C9H11BrClNO. The second-order valence-electron chi connectivity index (χ2n) is 2.83. The van der Waals surface area contributed by atoms with E-state index in [1.165, 1.54) is 0 Å². The van der Waals surface area contributed by atoms with E-state index < -0.39 is 0 Å². The molecule has 0 saturated carbocycles. The molecule has 0 aliphatic rings. The van der Waals surface area contributed by atoms with Crippen LogP contribution in [0.5, 0.6) is 0 Å². The summed E-state index contributed by atoms with van der Waals surface area (Å²) in [6.45, 7) is 2.24. The lowest BCUT2D eigenvalue weighted by Crippen LogP contribution is -2.15. The van der Waals surface area contributed by atoms with Crippen LogP contribution in [0.2, 0.25) is 5.02 Å². The summed E-state index contributed by atoms with van der Waals surface area (Å²) in [6, 6.07) is 5.56. The monoisotopic (exact) mass is 263 g/mol. The van der Waals surface area contributed by atoms with Crippen molar-refractivity contribution in [2.75, 3.05) is 11.9 Å². The first-order chi connectivity index (χ1) is 6.11. The number of hydrogen-bond acceptors (Lipinski definition) is 2. The molecular weight excluding hydrogens is 253 g/mol. The third kappa shape index (κ3) is 3.18. The van der Waals surface area contributed by atoms with Gasteiger partial charge in [-0.25, -0.2) is 0 Å². The Balaban J connectivity index is 2.71. The summed E-state index contributed by atoms with van der Waals surface area (Å²) in [7, 11) is 0. The highest BCUT2D eigenvalue weighted by Gasteiger charge is 2.03. The average molecular weight is 265 g/mol. The van der Waals surface area contributed by atoms with E-state index >= 15 is 0 Å². The fourth-order valence-corrected chi connectivity index (χ4v) is 1.48. The van der Waals surface area contributed by atoms with E-state index in [2.05, 4.69) is 21.2 Å². The van der Waals surface area contributed by atoms with E-state index in [4.69, 9.17) is 16.7 Å². The summed E-state index contributed by atoms with van der Waals surface area (Å²) >= 11 is 9.23. The highest BCUT2D eigenvalue weighted by molar-refractivity contribution is 9.10. The van der Waals surface area contributed by atoms with Crippen molar-refractivity contribution in [1.29, 1.82) is 0 Å². The molecule has 0 aliphatic heterocycles. The SMILES string of the molecule is C[C@H](O)CNc1cccc(Cl)c1Br. The first-order valence-electron chi connectivity index (χ1n) is 3.97. The van der Waals surface area contributed by atoms with Gasteiger partial charge >= 0.3 is 0 Å². The van der Waals surface area contributed by atoms with Crippen LogP contribution in [0.4, 0.5) is 5.69 Å². The zero-order chi connectivity index (χ0) is 9.84. The lowest BCUT2D eigenvalue weighted by Gasteiger charge is -2.10. The maximum Gasteiger partial charge on any atom is 0.0684 e. The molecule has 72 valence electrons.